The lowest BCUT2D eigenvalue weighted by Crippen LogP contribution is -2.48. The number of likely N-dealkylation sites (tertiary alicyclic amines) is 2. The summed E-state index contributed by atoms with van der Waals surface area (Å²) in [6.07, 6.45) is 1.27. The van der Waals surface area contributed by atoms with Gasteiger partial charge in [-0.1, -0.05) is 6.07 Å². The Kier molecular flexibility index (Phi) is 5.33. The van der Waals surface area contributed by atoms with Gasteiger partial charge in [0, 0.05) is 43.4 Å². The van der Waals surface area contributed by atoms with E-state index in [4.69, 9.17) is 4.74 Å². The van der Waals surface area contributed by atoms with Crippen LogP contribution in [0.15, 0.2) is 17.5 Å². The first-order valence-corrected chi connectivity index (χ1v) is 11.7. The molecular formula is C21H26N4O5S. The highest BCUT2D eigenvalue weighted by Gasteiger charge is 2.52. The fourth-order valence-electron chi connectivity index (χ4n) is 5.19. The number of piperidine rings is 1. The van der Waals surface area contributed by atoms with Gasteiger partial charge in [0.2, 0.25) is 17.7 Å². The van der Waals surface area contributed by atoms with Gasteiger partial charge in [-0.15, -0.1) is 11.3 Å². The van der Waals surface area contributed by atoms with E-state index < -0.39 is 0 Å². The molecule has 0 bridgehead atoms. The predicted molar refractivity (Wildman–Crippen MR) is 111 cm³/mol. The fraction of sp³-hybridized carbons (Fsp3) is 0.619. The molecule has 4 fully saturated rings. The van der Waals surface area contributed by atoms with E-state index in [-0.39, 0.29) is 54.3 Å². The number of ether oxygens (including phenoxy) is 1. The topological polar surface area (TPSA) is 99.3 Å². The van der Waals surface area contributed by atoms with Crippen LogP contribution in [0.4, 0.5) is 4.79 Å². The Labute approximate surface area is 184 Å². The van der Waals surface area contributed by atoms with Crippen molar-refractivity contribution in [2.24, 2.45) is 5.92 Å². The molecule has 5 rings (SSSR count). The Morgan fingerprint density at radius 3 is 2.81 bits per heavy atom. The molecule has 10 heteroatoms. The van der Waals surface area contributed by atoms with E-state index >= 15 is 0 Å². The van der Waals surface area contributed by atoms with Crippen LogP contribution in [0.1, 0.15) is 24.1 Å². The monoisotopic (exact) mass is 446 g/mol. The number of hydrogen-bond donors (Lipinski definition) is 1. The third kappa shape index (κ3) is 3.88. The van der Waals surface area contributed by atoms with Crippen molar-refractivity contribution in [1.82, 2.24) is 20.0 Å². The summed E-state index contributed by atoms with van der Waals surface area (Å²) in [5.74, 6) is -0.337. The molecule has 0 saturated carbocycles. The van der Waals surface area contributed by atoms with E-state index in [0.717, 1.165) is 4.88 Å². The molecule has 31 heavy (non-hydrogen) atoms. The molecule has 1 aromatic heterocycles. The van der Waals surface area contributed by atoms with Gasteiger partial charge in [0.15, 0.2) is 0 Å². The largest absolute Gasteiger partial charge is 0.442 e. The molecule has 9 nitrogen and oxygen atoms in total. The van der Waals surface area contributed by atoms with Crippen LogP contribution in [0.25, 0.3) is 0 Å². The van der Waals surface area contributed by atoms with Crippen molar-refractivity contribution in [3.63, 3.8) is 0 Å². The standard InChI is InChI=1S/C21H26N4O5S/c26-18-8-13(3-5-22-18)20(28)24-11-16-17(12-24)30-21(29)25(16)14-4-6-23(10-14)19(27)9-15-2-1-7-31-15/h1-2,7,13-14,16-17H,3-6,8-12H2,(H,22,26)/t13?,14?,16-,17+/m1/s1. The minimum atomic E-state index is -0.350. The fourth-order valence-corrected chi connectivity index (χ4v) is 5.88. The van der Waals surface area contributed by atoms with Crippen LogP contribution < -0.4 is 5.32 Å². The van der Waals surface area contributed by atoms with E-state index in [1.807, 2.05) is 22.4 Å². The van der Waals surface area contributed by atoms with E-state index in [1.54, 1.807) is 21.1 Å². The van der Waals surface area contributed by atoms with E-state index in [0.29, 0.717) is 52.0 Å². The molecule has 0 spiro atoms. The molecule has 4 atom stereocenters. The molecule has 1 aromatic rings. The van der Waals surface area contributed by atoms with Gasteiger partial charge in [-0.25, -0.2) is 4.79 Å². The van der Waals surface area contributed by atoms with E-state index in [1.165, 1.54) is 0 Å². The number of fused-ring (bicyclic) bond motifs is 1. The van der Waals surface area contributed by atoms with Crippen LogP contribution in [0.5, 0.6) is 0 Å². The van der Waals surface area contributed by atoms with Gasteiger partial charge in [-0.3, -0.25) is 19.3 Å². The quantitative estimate of drug-likeness (QED) is 0.724. The summed E-state index contributed by atoms with van der Waals surface area (Å²) in [4.78, 5) is 56.1. The second-order valence-electron chi connectivity index (χ2n) is 8.72. The lowest BCUT2D eigenvalue weighted by Gasteiger charge is -2.30. The molecule has 4 saturated heterocycles. The number of thiophene rings is 1. The zero-order valence-corrected chi connectivity index (χ0v) is 18.0. The Morgan fingerprint density at radius 1 is 1.16 bits per heavy atom. The third-order valence-corrected chi connectivity index (χ3v) is 7.66. The molecule has 2 unspecified atom stereocenters. The molecule has 4 aliphatic heterocycles. The zero-order valence-electron chi connectivity index (χ0n) is 17.2. The average molecular weight is 447 g/mol. The van der Waals surface area contributed by atoms with Gasteiger partial charge in [0.05, 0.1) is 25.0 Å². The summed E-state index contributed by atoms with van der Waals surface area (Å²) in [7, 11) is 0. The average Bonchev–Trinajstić information content (AvgIpc) is 3.51. The van der Waals surface area contributed by atoms with E-state index in [2.05, 4.69) is 5.32 Å². The maximum absolute atomic E-state index is 12.9. The molecule has 4 amide bonds. The number of rotatable bonds is 4. The highest BCUT2D eigenvalue weighted by atomic mass is 32.1. The highest BCUT2D eigenvalue weighted by molar-refractivity contribution is 7.10. The minimum Gasteiger partial charge on any atom is -0.442 e. The Bertz CT molecular complexity index is 890. The first-order valence-electron chi connectivity index (χ1n) is 10.8. The van der Waals surface area contributed by atoms with Crippen LogP contribution in [0.2, 0.25) is 0 Å². The van der Waals surface area contributed by atoms with E-state index in [9.17, 15) is 19.2 Å². The summed E-state index contributed by atoms with van der Waals surface area (Å²) >= 11 is 1.57. The summed E-state index contributed by atoms with van der Waals surface area (Å²) < 4.78 is 5.59. The molecular weight excluding hydrogens is 420 g/mol. The van der Waals surface area contributed by atoms with Gasteiger partial charge >= 0.3 is 6.09 Å². The van der Waals surface area contributed by atoms with Crippen molar-refractivity contribution in [1.29, 1.82) is 0 Å². The normalized spacial score (nSPS) is 30.4. The summed E-state index contributed by atoms with van der Waals surface area (Å²) in [6.45, 7) is 2.44. The number of carbonyl (C=O) groups excluding carboxylic acids is 4. The second-order valence-corrected chi connectivity index (χ2v) is 9.75. The Balaban J connectivity index is 1.21. The van der Waals surface area contributed by atoms with Crippen molar-refractivity contribution in [3.05, 3.63) is 22.4 Å². The maximum atomic E-state index is 12.9. The smallest absolute Gasteiger partial charge is 0.410 e. The first-order chi connectivity index (χ1) is 15.0. The van der Waals surface area contributed by atoms with Gasteiger partial charge in [-0.2, -0.15) is 0 Å². The molecule has 0 radical (unpaired) electrons. The number of amides is 4. The third-order valence-electron chi connectivity index (χ3n) is 6.78. The Hall–Kier alpha value is -2.62. The second kappa shape index (κ2) is 8.14. The summed E-state index contributed by atoms with van der Waals surface area (Å²) in [5, 5.41) is 4.72. The van der Waals surface area contributed by atoms with Crippen LogP contribution >= 0.6 is 11.3 Å². The molecule has 166 valence electrons. The molecule has 1 N–H and O–H groups in total. The lowest BCUT2D eigenvalue weighted by atomic mass is 9.96. The molecule has 5 heterocycles. The van der Waals surface area contributed by atoms with Crippen LogP contribution in [0.3, 0.4) is 0 Å². The lowest BCUT2D eigenvalue weighted by molar-refractivity contribution is -0.139. The molecule has 0 aliphatic carbocycles. The Morgan fingerprint density at radius 2 is 2.03 bits per heavy atom. The highest BCUT2D eigenvalue weighted by Crippen LogP contribution is 2.33. The number of nitrogens with one attached hydrogen (secondary N) is 1. The number of hydrogen-bond acceptors (Lipinski definition) is 6. The minimum absolute atomic E-state index is 0.0283. The van der Waals surface area contributed by atoms with Crippen molar-refractivity contribution >= 4 is 35.2 Å². The van der Waals surface area contributed by atoms with Crippen LogP contribution in [0, 0.1) is 5.92 Å². The maximum Gasteiger partial charge on any atom is 0.410 e. The number of nitrogens with zero attached hydrogens (tertiary/aromatic N) is 3. The van der Waals surface area contributed by atoms with Gasteiger partial charge < -0.3 is 19.9 Å². The number of carbonyl (C=O) groups is 4. The van der Waals surface area contributed by atoms with Gasteiger partial charge in [0.1, 0.15) is 6.10 Å². The summed E-state index contributed by atoms with van der Waals surface area (Å²) in [5.41, 5.74) is 0. The van der Waals surface area contributed by atoms with Crippen LogP contribution in [-0.2, 0) is 25.5 Å². The van der Waals surface area contributed by atoms with Crippen molar-refractivity contribution < 1.29 is 23.9 Å². The predicted octanol–water partition coefficient (Wildman–Crippen LogP) is 0.449. The van der Waals surface area contributed by atoms with Crippen molar-refractivity contribution in [3.8, 4) is 0 Å². The summed E-state index contributed by atoms with van der Waals surface area (Å²) in [6, 6.07) is 3.61. The molecule has 4 aliphatic rings. The van der Waals surface area contributed by atoms with Crippen molar-refractivity contribution in [2.75, 3.05) is 32.7 Å². The SMILES string of the molecule is O=C1CC(C(=O)N2C[C@@H]3OC(=O)N(C4CCN(C(=O)Cc5cccs5)C4)[C@@H]3C2)CCN1. The van der Waals surface area contributed by atoms with Crippen LogP contribution in [-0.4, -0.2) is 89.4 Å². The van der Waals surface area contributed by atoms with Gasteiger partial charge in [0.25, 0.3) is 0 Å². The first kappa shape index (κ1) is 20.3. The zero-order chi connectivity index (χ0) is 21.5. The molecule has 0 aromatic carbocycles. The van der Waals surface area contributed by atoms with Gasteiger partial charge in [-0.05, 0) is 24.3 Å². The van der Waals surface area contributed by atoms with Crippen molar-refractivity contribution in [2.45, 2.75) is 43.9 Å².